The summed E-state index contributed by atoms with van der Waals surface area (Å²) in [5, 5.41) is 0. The first-order chi connectivity index (χ1) is 9.02. The first-order valence-corrected chi connectivity index (χ1v) is 7.50. The van der Waals surface area contributed by atoms with Crippen molar-refractivity contribution in [3.8, 4) is 0 Å². The van der Waals surface area contributed by atoms with Crippen molar-refractivity contribution in [2.45, 2.75) is 69.9 Å². The number of hydrogen-bond donors (Lipinski definition) is 0. The van der Waals surface area contributed by atoms with Crippen LogP contribution in [0.25, 0.3) is 0 Å². The molecule has 0 radical (unpaired) electrons. The van der Waals surface area contributed by atoms with E-state index in [2.05, 4.69) is 26.8 Å². The molecule has 108 valence electrons. The number of allylic oxidation sites excluding steroid dienone is 1. The molecule has 0 aromatic rings. The van der Waals surface area contributed by atoms with Crippen molar-refractivity contribution in [1.29, 1.82) is 0 Å². The Morgan fingerprint density at radius 1 is 1.42 bits per heavy atom. The molecule has 0 amide bonds. The van der Waals surface area contributed by atoms with Crippen LogP contribution in [0.1, 0.15) is 46.5 Å². The second-order valence-electron chi connectivity index (χ2n) is 6.81. The zero-order valence-electron chi connectivity index (χ0n) is 12.6. The number of rotatable bonds is 4. The summed E-state index contributed by atoms with van der Waals surface area (Å²) in [6, 6.07) is 0. The molecule has 3 nitrogen and oxygen atoms in total. The molecule has 0 N–H and O–H groups in total. The molecule has 3 aliphatic rings. The van der Waals surface area contributed by atoms with Gasteiger partial charge in [-0.2, -0.15) is 0 Å². The maximum atomic E-state index is 6.10. The predicted octanol–water partition coefficient (Wildman–Crippen LogP) is 3.08. The Morgan fingerprint density at radius 2 is 2.16 bits per heavy atom. The van der Waals surface area contributed by atoms with Crippen LogP contribution in [0.15, 0.2) is 11.6 Å². The van der Waals surface area contributed by atoms with Crippen LogP contribution < -0.4 is 0 Å². The van der Waals surface area contributed by atoms with Crippen molar-refractivity contribution in [2.24, 2.45) is 5.92 Å². The molecule has 3 rings (SSSR count). The Bertz CT molecular complexity index is 381. The van der Waals surface area contributed by atoms with Gasteiger partial charge < -0.3 is 14.2 Å². The molecular weight excluding hydrogens is 240 g/mol. The molecule has 3 heteroatoms. The maximum absolute atomic E-state index is 6.10. The van der Waals surface area contributed by atoms with Gasteiger partial charge in [0.2, 0.25) is 0 Å². The van der Waals surface area contributed by atoms with Gasteiger partial charge in [-0.15, -0.1) is 0 Å². The number of epoxide rings is 2. The summed E-state index contributed by atoms with van der Waals surface area (Å²) < 4.78 is 17.7. The molecule has 2 heterocycles. The molecule has 2 saturated heterocycles. The van der Waals surface area contributed by atoms with E-state index >= 15 is 0 Å². The number of hydrogen-bond acceptors (Lipinski definition) is 3. The van der Waals surface area contributed by atoms with Crippen molar-refractivity contribution in [3.05, 3.63) is 11.6 Å². The minimum atomic E-state index is -0.0520. The zero-order valence-corrected chi connectivity index (χ0v) is 12.6. The lowest BCUT2D eigenvalue weighted by molar-refractivity contribution is -0.0492. The summed E-state index contributed by atoms with van der Waals surface area (Å²) >= 11 is 0. The highest BCUT2D eigenvalue weighted by atomic mass is 16.6. The average molecular weight is 266 g/mol. The van der Waals surface area contributed by atoms with Crippen LogP contribution in [0.4, 0.5) is 0 Å². The second-order valence-corrected chi connectivity index (χ2v) is 6.81. The summed E-state index contributed by atoms with van der Waals surface area (Å²) in [4.78, 5) is 0. The van der Waals surface area contributed by atoms with E-state index in [4.69, 9.17) is 14.2 Å². The molecule has 19 heavy (non-hydrogen) atoms. The van der Waals surface area contributed by atoms with Crippen molar-refractivity contribution in [3.63, 3.8) is 0 Å². The van der Waals surface area contributed by atoms with Crippen LogP contribution in [-0.2, 0) is 14.2 Å². The third-order valence-electron chi connectivity index (χ3n) is 5.18. The lowest BCUT2D eigenvalue weighted by Gasteiger charge is -2.38. The van der Waals surface area contributed by atoms with Crippen LogP contribution in [-0.4, -0.2) is 37.1 Å². The fourth-order valence-corrected chi connectivity index (χ4v) is 4.00. The Hall–Kier alpha value is -0.380. The standard InChI is InChI=1S/C16H26O3/c1-11(2)7-8-13-15(3,19-13)14-12(17-4)6-5-9-16(14)10-18-16/h7,12-14H,5-6,8-10H2,1-4H3. The molecule has 3 fully saturated rings. The van der Waals surface area contributed by atoms with Gasteiger partial charge in [0.05, 0.1) is 24.4 Å². The predicted molar refractivity (Wildman–Crippen MR) is 74.1 cm³/mol. The third kappa shape index (κ3) is 2.26. The molecule has 0 bridgehead atoms. The van der Waals surface area contributed by atoms with Gasteiger partial charge >= 0.3 is 0 Å². The van der Waals surface area contributed by atoms with E-state index in [1.165, 1.54) is 18.4 Å². The SMILES string of the molecule is COC1CCCC2(CO2)C1C1(C)OC1CC=C(C)C. The van der Waals surface area contributed by atoms with Crippen LogP contribution in [0, 0.1) is 5.92 Å². The minimum absolute atomic E-state index is 0.0520. The highest BCUT2D eigenvalue weighted by molar-refractivity contribution is 5.19. The average Bonchev–Trinajstić information content (AvgIpc) is 3.26. The van der Waals surface area contributed by atoms with E-state index in [9.17, 15) is 0 Å². The molecule has 5 unspecified atom stereocenters. The van der Waals surface area contributed by atoms with E-state index in [1.54, 1.807) is 0 Å². The normalized spacial score (nSPS) is 48.1. The molecule has 1 aliphatic carbocycles. The van der Waals surface area contributed by atoms with Gasteiger partial charge in [0.25, 0.3) is 0 Å². The molecule has 1 saturated carbocycles. The van der Waals surface area contributed by atoms with Crippen molar-refractivity contribution in [2.75, 3.05) is 13.7 Å². The summed E-state index contributed by atoms with van der Waals surface area (Å²) in [5.41, 5.74) is 1.37. The van der Waals surface area contributed by atoms with E-state index in [0.717, 1.165) is 19.4 Å². The van der Waals surface area contributed by atoms with Crippen molar-refractivity contribution in [1.82, 2.24) is 0 Å². The first-order valence-electron chi connectivity index (χ1n) is 7.50. The smallest absolute Gasteiger partial charge is 0.100 e. The first kappa shape index (κ1) is 13.6. The number of ether oxygens (including phenoxy) is 3. The summed E-state index contributed by atoms with van der Waals surface area (Å²) in [7, 11) is 1.83. The summed E-state index contributed by atoms with van der Waals surface area (Å²) in [6.07, 6.45) is 7.45. The van der Waals surface area contributed by atoms with Crippen molar-refractivity contribution < 1.29 is 14.2 Å². The molecule has 1 spiro atoms. The Morgan fingerprint density at radius 3 is 2.74 bits per heavy atom. The largest absolute Gasteiger partial charge is 0.381 e. The van der Waals surface area contributed by atoms with E-state index in [1.807, 2.05) is 7.11 Å². The zero-order chi connectivity index (χ0) is 13.7. The van der Waals surface area contributed by atoms with E-state index < -0.39 is 0 Å². The van der Waals surface area contributed by atoms with Crippen LogP contribution in [0.5, 0.6) is 0 Å². The highest BCUT2D eigenvalue weighted by Crippen LogP contribution is 2.59. The third-order valence-corrected chi connectivity index (χ3v) is 5.18. The van der Waals surface area contributed by atoms with Crippen LogP contribution in [0.3, 0.4) is 0 Å². The monoisotopic (exact) mass is 266 g/mol. The Kier molecular flexibility index (Phi) is 3.27. The topological polar surface area (TPSA) is 34.3 Å². The summed E-state index contributed by atoms with van der Waals surface area (Å²) in [5.74, 6) is 0.398. The number of methoxy groups -OCH3 is 1. The van der Waals surface area contributed by atoms with Gasteiger partial charge in [0, 0.05) is 13.0 Å². The van der Waals surface area contributed by atoms with E-state index in [-0.39, 0.29) is 17.3 Å². The fourth-order valence-electron chi connectivity index (χ4n) is 4.00. The fraction of sp³-hybridized carbons (Fsp3) is 0.875. The minimum Gasteiger partial charge on any atom is -0.381 e. The van der Waals surface area contributed by atoms with Gasteiger partial charge in [-0.1, -0.05) is 11.6 Å². The Balaban J connectivity index is 1.74. The lowest BCUT2D eigenvalue weighted by Crippen LogP contribution is -2.48. The van der Waals surface area contributed by atoms with Gasteiger partial charge in [0.1, 0.15) is 5.60 Å². The van der Waals surface area contributed by atoms with Crippen molar-refractivity contribution >= 4 is 0 Å². The van der Waals surface area contributed by atoms with Gasteiger partial charge in [-0.25, -0.2) is 0 Å². The maximum Gasteiger partial charge on any atom is 0.100 e. The Labute approximate surface area is 116 Å². The highest BCUT2D eigenvalue weighted by Gasteiger charge is 2.70. The molecule has 0 aromatic heterocycles. The lowest BCUT2D eigenvalue weighted by atomic mass is 9.69. The van der Waals surface area contributed by atoms with Gasteiger partial charge in [-0.3, -0.25) is 0 Å². The molecule has 2 aliphatic heterocycles. The molecule has 0 aromatic carbocycles. The quantitative estimate of drug-likeness (QED) is 0.579. The van der Waals surface area contributed by atoms with Crippen LogP contribution >= 0.6 is 0 Å². The molecule has 5 atom stereocenters. The van der Waals surface area contributed by atoms with E-state index in [0.29, 0.717) is 12.0 Å². The molecular formula is C16H26O3. The van der Waals surface area contributed by atoms with Crippen LogP contribution in [0.2, 0.25) is 0 Å². The van der Waals surface area contributed by atoms with Gasteiger partial charge in [-0.05, 0) is 46.5 Å². The summed E-state index contributed by atoms with van der Waals surface area (Å²) in [6.45, 7) is 7.43. The van der Waals surface area contributed by atoms with Gasteiger partial charge in [0.15, 0.2) is 0 Å². The second kappa shape index (κ2) is 4.57.